The van der Waals surface area contributed by atoms with Crippen molar-refractivity contribution in [2.24, 2.45) is 0 Å². The SMILES string of the molecule is CCN(CCC(=O)O)C(=O)c1cc(SC)ccc1[N+](=O)[O-]. The van der Waals surface area contributed by atoms with E-state index in [1.165, 1.54) is 28.8 Å². The number of hydrogen-bond acceptors (Lipinski definition) is 5. The average molecular weight is 312 g/mol. The number of carboxylic acids is 1. The molecule has 0 spiro atoms. The molecular weight excluding hydrogens is 296 g/mol. The Hall–Kier alpha value is -2.09. The van der Waals surface area contributed by atoms with E-state index in [9.17, 15) is 19.7 Å². The molecule has 0 saturated carbocycles. The van der Waals surface area contributed by atoms with Crippen LogP contribution >= 0.6 is 11.8 Å². The third-order valence-electron chi connectivity index (χ3n) is 2.90. The lowest BCUT2D eigenvalue weighted by atomic mass is 10.1. The predicted octanol–water partition coefficient (Wildman–Crippen LogP) is 2.25. The minimum atomic E-state index is -1.02. The Kier molecular flexibility index (Phi) is 6.16. The number of aliphatic carboxylic acids is 1. The van der Waals surface area contributed by atoms with E-state index in [0.29, 0.717) is 0 Å². The Morgan fingerprint density at radius 2 is 2.10 bits per heavy atom. The van der Waals surface area contributed by atoms with Crippen LogP contribution in [0.1, 0.15) is 23.7 Å². The summed E-state index contributed by atoms with van der Waals surface area (Å²) in [4.78, 5) is 35.5. The lowest BCUT2D eigenvalue weighted by Crippen LogP contribution is -2.33. The van der Waals surface area contributed by atoms with Gasteiger partial charge in [0, 0.05) is 24.1 Å². The van der Waals surface area contributed by atoms with E-state index < -0.39 is 16.8 Å². The van der Waals surface area contributed by atoms with Gasteiger partial charge in [0.05, 0.1) is 11.3 Å². The number of nitro benzene ring substituents is 1. The first kappa shape index (κ1) is 17.0. The standard InChI is InChI=1S/C13H16N2O5S/c1-3-14(7-6-12(16)17)13(18)10-8-9(21-2)4-5-11(10)15(19)20/h4-5,8H,3,6-7H2,1-2H3,(H,16,17). The topological polar surface area (TPSA) is 101 Å². The number of carbonyl (C=O) groups is 2. The molecule has 0 radical (unpaired) electrons. The monoisotopic (exact) mass is 312 g/mol. The number of carbonyl (C=O) groups excluding carboxylic acids is 1. The van der Waals surface area contributed by atoms with Gasteiger partial charge < -0.3 is 10.0 Å². The Balaban J connectivity index is 3.13. The summed E-state index contributed by atoms with van der Waals surface area (Å²) in [7, 11) is 0. The number of amides is 1. The van der Waals surface area contributed by atoms with Gasteiger partial charge in [-0.15, -0.1) is 11.8 Å². The molecular formula is C13H16N2O5S. The molecule has 8 heteroatoms. The molecule has 0 aliphatic heterocycles. The van der Waals surface area contributed by atoms with Crippen LogP contribution in [0, 0.1) is 10.1 Å². The summed E-state index contributed by atoms with van der Waals surface area (Å²) in [6.07, 6.45) is 1.60. The Labute approximate surface area is 126 Å². The van der Waals surface area contributed by atoms with Crippen molar-refractivity contribution in [1.82, 2.24) is 4.90 Å². The molecule has 114 valence electrons. The van der Waals surface area contributed by atoms with Crippen LogP contribution in [0.5, 0.6) is 0 Å². The van der Waals surface area contributed by atoms with Gasteiger partial charge in [0.25, 0.3) is 11.6 Å². The van der Waals surface area contributed by atoms with E-state index in [0.717, 1.165) is 4.90 Å². The zero-order valence-electron chi connectivity index (χ0n) is 11.7. The highest BCUT2D eigenvalue weighted by Gasteiger charge is 2.24. The molecule has 1 aromatic carbocycles. The van der Waals surface area contributed by atoms with Crippen LogP contribution in [0.4, 0.5) is 5.69 Å². The second-order valence-corrected chi connectivity index (χ2v) is 5.05. The van der Waals surface area contributed by atoms with Crippen LogP contribution < -0.4 is 0 Å². The number of nitrogens with zero attached hydrogens (tertiary/aromatic N) is 2. The van der Waals surface area contributed by atoms with Gasteiger partial charge in [-0.2, -0.15) is 0 Å². The highest BCUT2D eigenvalue weighted by atomic mass is 32.2. The van der Waals surface area contributed by atoms with Crippen molar-refractivity contribution in [2.75, 3.05) is 19.3 Å². The Morgan fingerprint density at radius 3 is 2.57 bits per heavy atom. The molecule has 1 N–H and O–H groups in total. The third-order valence-corrected chi connectivity index (χ3v) is 3.62. The first-order chi connectivity index (χ1) is 9.90. The summed E-state index contributed by atoms with van der Waals surface area (Å²) in [5.41, 5.74) is -0.286. The van der Waals surface area contributed by atoms with E-state index in [1.807, 2.05) is 0 Å². The van der Waals surface area contributed by atoms with Crippen molar-refractivity contribution in [2.45, 2.75) is 18.2 Å². The molecule has 0 heterocycles. The second-order valence-electron chi connectivity index (χ2n) is 4.17. The number of nitro groups is 1. The summed E-state index contributed by atoms with van der Waals surface area (Å²) < 4.78 is 0. The molecule has 1 rings (SSSR count). The lowest BCUT2D eigenvalue weighted by Gasteiger charge is -2.20. The van der Waals surface area contributed by atoms with Crippen molar-refractivity contribution < 1.29 is 19.6 Å². The van der Waals surface area contributed by atoms with Crippen LogP contribution in [-0.4, -0.2) is 46.2 Å². The third kappa shape index (κ3) is 4.45. The number of hydrogen-bond donors (Lipinski definition) is 1. The van der Waals surface area contributed by atoms with Crippen molar-refractivity contribution in [3.8, 4) is 0 Å². The highest BCUT2D eigenvalue weighted by Crippen LogP contribution is 2.26. The van der Waals surface area contributed by atoms with Gasteiger partial charge in [0.1, 0.15) is 5.56 Å². The van der Waals surface area contributed by atoms with Gasteiger partial charge in [-0.3, -0.25) is 19.7 Å². The zero-order valence-corrected chi connectivity index (χ0v) is 12.6. The molecule has 0 atom stereocenters. The molecule has 0 aliphatic rings. The van der Waals surface area contributed by atoms with Crippen LogP contribution in [0.25, 0.3) is 0 Å². The van der Waals surface area contributed by atoms with E-state index in [4.69, 9.17) is 5.11 Å². The molecule has 0 fully saturated rings. The van der Waals surface area contributed by atoms with Crippen molar-refractivity contribution in [3.63, 3.8) is 0 Å². The lowest BCUT2D eigenvalue weighted by molar-refractivity contribution is -0.385. The second kappa shape index (κ2) is 7.63. The average Bonchev–Trinajstić information content (AvgIpc) is 2.46. The van der Waals surface area contributed by atoms with Crippen LogP contribution in [0.3, 0.4) is 0 Å². The minimum Gasteiger partial charge on any atom is -0.481 e. The van der Waals surface area contributed by atoms with E-state index in [1.54, 1.807) is 19.2 Å². The van der Waals surface area contributed by atoms with Gasteiger partial charge >= 0.3 is 5.97 Å². The fourth-order valence-electron chi connectivity index (χ4n) is 1.78. The zero-order chi connectivity index (χ0) is 16.0. The smallest absolute Gasteiger partial charge is 0.305 e. The summed E-state index contributed by atoms with van der Waals surface area (Å²) in [5, 5.41) is 19.7. The quantitative estimate of drug-likeness (QED) is 0.471. The predicted molar refractivity (Wildman–Crippen MR) is 78.7 cm³/mol. The maximum Gasteiger partial charge on any atom is 0.305 e. The largest absolute Gasteiger partial charge is 0.481 e. The van der Waals surface area contributed by atoms with Crippen LogP contribution in [0.15, 0.2) is 23.1 Å². The molecule has 1 aromatic rings. The maximum absolute atomic E-state index is 12.4. The Bertz CT molecular complexity index is 561. The molecule has 1 amide bonds. The molecule has 0 bridgehead atoms. The number of thioether (sulfide) groups is 1. The summed E-state index contributed by atoms with van der Waals surface area (Å²) in [6.45, 7) is 2.00. The van der Waals surface area contributed by atoms with Gasteiger partial charge in [0.2, 0.25) is 0 Å². The highest BCUT2D eigenvalue weighted by molar-refractivity contribution is 7.98. The molecule has 0 unspecified atom stereocenters. The number of rotatable bonds is 7. The fraction of sp³-hybridized carbons (Fsp3) is 0.385. The molecule has 0 aromatic heterocycles. The summed E-state index contributed by atoms with van der Waals surface area (Å²) in [6, 6.07) is 4.34. The van der Waals surface area contributed by atoms with Gasteiger partial charge in [-0.05, 0) is 25.3 Å². The van der Waals surface area contributed by atoms with Crippen molar-refractivity contribution in [1.29, 1.82) is 0 Å². The van der Waals surface area contributed by atoms with Crippen molar-refractivity contribution in [3.05, 3.63) is 33.9 Å². The van der Waals surface area contributed by atoms with E-state index in [-0.39, 0.29) is 30.8 Å². The number of benzene rings is 1. The van der Waals surface area contributed by atoms with Gasteiger partial charge in [-0.25, -0.2) is 0 Å². The Morgan fingerprint density at radius 1 is 1.43 bits per heavy atom. The molecule has 7 nitrogen and oxygen atoms in total. The number of carboxylic acid groups (broad SMARTS) is 1. The molecule has 0 saturated heterocycles. The van der Waals surface area contributed by atoms with Crippen LogP contribution in [-0.2, 0) is 4.79 Å². The summed E-state index contributed by atoms with van der Waals surface area (Å²) >= 11 is 1.37. The summed E-state index contributed by atoms with van der Waals surface area (Å²) in [5.74, 6) is -1.55. The molecule has 21 heavy (non-hydrogen) atoms. The fourth-order valence-corrected chi connectivity index (χ4v) is 2.22. The first-order valence-electron chi connectivity index (χ1n) is 6.24. The van der Waals surface area contributed by atoms with E-state index >= 15 is 0 Å². The van der Waals surface area contributed by atoms with Crippen LogP contribution in [0.2, 0.25) is 0 Å². The van der Waals surface area contributed by atoms with Gasteiger partial charge in [0.15, 0.2) is 0 Å². The van der Waals surface area contributed by atoms with Crippen molar-refractivity contribution >= 4 is 29.3 Å². The normalized spacial score (nSPS) is 10.2. The minimum absolute atomic E-state index is 0.0147. The maximum atomic E-state index is 12.4. The van der Waals surface area contributed by atoms with E-state index in [2.05, 4.69) is 0 Å². The van der Waals surface area contributed by atoms with Gasteiger partial charge in [-0.1, -0.05) is 0 Å². The first-order valence-corrected chi connectivity index (χ1v) is 7.46. The molecule has 0 aliphatic carbocycles.